The summed E-state index contributed by atoms with van der Waals surface area (Å²) < 4.78 is 5.31. The summed E-state index contributed by atoms with van der Waals surface area (Å²) in [6.45, 7) is 6.78. The zero-order valence-corrected chi connectivity index (χ0v) is 13.4. The van der Waals surface area contributed by atoms with Gasteiger partial charge < -0.3 is 4.74 Å². The standard InChI is InChI=1S/C18H30O2/c1-15(2)8-7-9-16(3)12-13-20-18(19)14-17-10-5-4-6-11-17/h8,12,17H,4-7,9-11,13-14H2,1-3H3/b16-12+. The summed E-state index contributed by atoms with van der Waals surface area (Å²) in [6.07, 6.45) is 13.3. The Kier molecular flexibility index (Phi) is 8.32. The predicted octanol–water partition coefficient (Wildman–Crippen LogP) is 5.19. The highest BCUT2D eigenvalue weighted by Crippen LogP contribution is 2.26. The second kappa shape index (κ2) is 9.79. The maximum absolute atomic E-state index is 11.7. The minimum absolute atomic E-state index is 0.0229. The number of allylic oxidation sites excluding steroid dienone is 3. The molecule has 0 N–H and O–H groups in total. The molecule has 1 aliphatic rings. The first kappa shape index (κ1) is 17.0. The Bertz CT molecular complexity index is 342. The van der Waals surface area contributed by atoms with Gasteiger partial charge in [0.05, 0.1) is 0 Å². The van der Waals surface area contributed by atoms with Gasteiger partial charge in [0.15, 0.2) is 0 Å². The molecule has 0 aliphatic heterocycles. The van der Waals surface area contributed by atoms with Crippen molar-refractivity contribution in [1.82, 2.24) is 0 Å². The summed E-state index contributed by atoms with van der Waals surface area (Å²) in [5, 5.41) is 0. The number of carbonyl (C=O) groups is 1. The van der Waals surface area contributed by atoms with Crippen LogP contribution in [0.1, 0.15) is 72.1 Å². The van der Waals surface area contributed by atoms with E-state index in [2.05, 4.69) is 26.8 Å². The van der Waals surface area contributed by atoms with Crippen LogP contribution in [0.5, 0.6) is 0 Å². The minimum atomic E-state index is -0.0229. The maximum Gasteiger partial charge on any atom is 0.306 e. The van der Waals surface area contributed by atoms with Crippen molar-refractivity contribution in [3.05, 3.63) is 23.3 Å². The number of hydrogen-bond donors (Lipinski definition) is 0. The third kappa shape index (κ3) is 8.19. The van der Waals surface area contributed by atoms with Crippen molar-refractivity contribution in [1.29, 1.82) is 0 Å². The van der Waals surface area contributed by atoms with Crippen LogP contribution in [0.2, 0.25) is 0 Å². The third-order valence-electron chi connectivity index (χ3n) is 3.95. The van der Waals surface area contributed by atoms with Crippen LogP contribution in [0.4, 0.5) is 0 Å². The molecule has 1 aliphatic carbocycles. The molecule has 114 valence electrons. The first-order chi connectivity index (χ1) is 9.58. The second-order valence-corrected chi connectivity index (χ2v) is 6.26. The molecule has 2 nitrogen and oxygen atoms in total. The van der Waals surface area contributed by atoms with Crippen LogP contribution < -0.4 is 0 Å². The van der Waals surface area contributed by atoms with Crippen molar-refractivity contribution in [2.75, 3.05) is 6.61 Å². The van der Waals surface area contributed by atoms with Gasteiger partial charge in [-0.1, -0.05) is 36.5 Å². The van der Waals surface area contributed by atoms with Crippen molar-refractivity contribution < 1.29 is 9.53 Å². The lowest BCUT2D eigenvalue weighted by Gasteiger charge is -2.20. The highest BCUT2D eigenvalue weighted by molar-refractivity contribution is 5.69. The van der Waals surface area contributed by atoms with Crippen molar-refractivity contribution >= 4 is 5.97 Å². The van der Waals surface area contributed by atoms with Crippen LogP contribution in [0.25, 0.3) is 0 Å². The molecule has 0 radical (unpaired) electrons. The van der Waals surface area contributed by atoms with E-state index in [4.69, 9.17) is 4.74 Å². The molecule has 0 bridgehead atoms. The van der Waals surface area contributed by atoms with Gasteiger partial charge in [0, 0.05) is 6.42 Å². The molecule has 0 aromatic carbocycles. The van der Waals surface area contributed by atoms with E-state index in [9.17, 15) is 4.79 Å². The van der Waals surface area contributed by atoms with Crippen LogP contribution in [0, 0.1) is 5.92 Å². The van der Waals surface area contributed by atoms with Crippen LogP contribution in [0.3, 0.4) is 0 Å². The molecule has 1 saturated carbocycles. The molecule has 0 aromatic rings. The molecule has 0 atom stereocenters. The van der Waals surface area contributed by atoms with E-state index in [0.717, 1.165) is 12.8 Å². The molecule has 0 aromatic heterocycles. The van der Waals surface area contributed by atoms with Gasteiger partial charge in [-0.15, -0.1) is 0 Å². The first-order valence-corrected chi connectivity index (χ1v) is 8.02. The SMILES string of the molecule is CC(C)=CCC/C(C)=C/COC(=O)CC1CCCCC1. The lowest BCUT2D eigenvalue weighted by atomic mass is 9.87. The van der Waals surface area contributed by atoms with E-state index in [1.807, 2.05) is 6.08 Å². The summed E-state index contributed by atoms with van der Waals surface area (Å²) in [4.78, 5) is 11.7. The molecule has 1 rings (SSSR count). The zero-order chi connectivity index (χ0) is 14.8. The molecule has 0 spiro atoms. The summed E-state index contributed by atoms with van der Waals surface area (Å²) in [6, 6.07) is 0. The maximum atomic E-state index is 11.7. The summed E-state index contributed by atoms with van der Waals surface area (Å²) in [7, 11) is 0. The lowest BCUT2D eigenvalue weighted by molar-refractivity contribution is -0.143. The third-order valence-corrected chi connectivity index (χ3v) is 3.95. The molecular formula is C18H30O2. The number of ether oxygens (including phenoxy) is 1. The topological polar surface area (TPSA) is 26.3 Å². The molecule has 0 heterocycles. The lowest BCUT2D eigenvalue weighted by Crippen LogP contribution is -2.14. The van der Waals surface area contributed by atoms with Crippen LogP contribution >= 0.6 is 0 Å². The number of esters is 1. The average Bonchev–Trinajstić information content (AvgIpc) is 2.39. The fraction of sp³-hybridized carbons (Fsp3) is 0.722. The van der Waals surface area contributed by atoms with Crippen molar-refractivity contribution in [2.24, 2.45) is 5.92 Å². The van der Waals surface area contributed by atoms with E-state index in [1.165, 1.54) is 43.3 Å². The zero-order valence-electron chi connectivity index (χ0n) is 13.4. The second-order valence-electron chi connectivity index (χ2n) is 6.26. The quantitative estimate of drug-likeness (QED) is 0.473. The Balaban J connectivity index is 2.14. The van der Waals surface area contributed by atoms with Crippen LogP contribution in [-0.2, 0) is 9.53 Å². The van der Waals surface area contributed by atoms with Gasteiger partial charge >= 0.3 is 5.97 Å². The van der Waals surface area contributed by atoms with E-state index in [-0.39, 0.29) is 5.97 Å². The molecule has 0 unspecified atom stereocenters. The Hall–Kier alpha value is -1.05. The Morgan fingerprint density at radius 1 is 1.10 bits per heavy atom. The van der Waals surface area contributed by atoms with Gasteiger partial charge in [-0.3, -0.25) is 4.79 Å². The average molecular weight is 278 g/mol. The molecule has 0 saturated heterocycles. The van der Waals surface area contributed by atoms with Gasteiger partial charge in [-0.05, 0) is 58.4 Å². The fourth-order valence-corrected chi connectivity index (χ4v) is 2.65. The largest absolute Gasteiger partial charge is 0.461 e. The predicted molar refractivity (Wildman–Crippen MR) is 84.6 cm³/mol. The van der Waals surface area contributed by atoms with Gasteiger partial charge in [0.1, 0.15) is 6.61 Å². The smallest absolute Gasteiger partial charge is 0.306 e. The first-order valence-electron chi connectivity index (χ1n) is 8.02. The molecular weight excluding hydrogens is 248 g/mol. The number of hydrogen-bond acceptors (Lipinski definition) is 2. The molecule has 0 amide bonds. The summed E-state index contributed by atoms with van der Waals surface area (Å²) in [5.41, 5.74) is 2.66. The van der Waals surface area contributed by atoms with E-state index in [1.54, 1.807) is 0 Å². The highest BCUT2D eigenvalue weighted by atomic mass is 16.5. The monoisotopic (exact) mass is 278 g/mol. The number of carbonyl (C=O) groups excluding carboxylic acids is 1. The highest BCUT2D eigenvalue weighted by Gasteiger charge is 2.17. The van der Waals surface area contributed by atoms with Gasteiger partial charge in [0.2, 0.25) is 0 Å². The van der Waals surface area contributed by atoms with Gasteiger partial charge in [0.25, 0.3) is 0 Å². The Labute approximate surface area is 124 Å². The van der Waals surface area contributed by atoms with Gasteiger partial charge in [-0.25, -0.2) is 0 Å². The molecule has 20 heavy (non-hydrogen) atoms. The Morgan fingerprint density at radius 3 is 2.45 bits per heavy atom. The summed E-state index contributed by atoms with van der Waals surface area (Å²) >= 11 is 0. The molecule has 2 heteroatoms. The van der Waals surface area contributed by atoms with Crippen molar-refractivity contribution in [2.45, 2.75) is 72.1 Å². The minimum Gasteiger partial charge on any atom is -0.461 e. The fourth-order valence-electron chi connectivity index (χ4n) is 2.65. The van der Waals surface area contributed by atoms with Crippen LogP contribution in [-0.4, -0.2) is 12.6 Å². The van der Waals surface area contributed by atoms with E-state index < -0.39 is 0 Å². The summed E-state index contributed by atoms with van der Waals surface area (Å²) in [5.74, 6) is 0.546. The van der Waals surface area contributed by atoms with E-state index >= 15 is 0 Å². The normalized spacial score (nSPS) is 16.9. The van der Waals surface area contributed by atoms with E-state index in [0.29, 0.717) is 18.9 Å². The number of rotatable bonds is 7. The van der Waals surface area contributed by atoms with Crippen molar-refractivity contribution in [3.8, 4) is 0 Å². The van der Waals surface area contributed by atoms with Crippen molar-refractivity contribution in [3.63, 3.8) is 0 Å². The Morgan fingerprint density at radius 2 is 1.80 bits per heavy atom. The molecule has 1 fully saturated rings. The van der Waals surface area contributed by atoms with Gasteiger partial charge in [-0.2, -0.15) is 0 Å². The van der Waals surface area contributed by atoms with Crippen LogP contribution in [0.15, 0.2) is 23.3 Å².